The van der Waals surface area contributed by atoms with Gasteiger partial charge in [0.1, 0.15) is 0 Å². The van der Waals surface area contributed by atoms with E-state index in [4.69, 9.17) is 0 Å². The first-order chi connectivity index (χ1) is 10.2. The largest absolute Gasteiger partial charge is 0.351 e. The van der Waals surface area contributed by atoms with Gasteiger partial charge in [0.15, 0.2) is 0 Å². The smallest absolute Gasteiger partial charge is 0.238 e. The summed E-state index contributed by atoms with van der Waals surface area (Å²) < 4.78 is 0. The fourth-order valence-electron chi connectivity index (χ4n) is 2.11. The molecule has 21 heavy (non-hydrogen) atoms. The van der Waals surface area contributed by atoms with Crippen molar-refractivity contribution in [1.29, 1.82) is 0 Å². The zero-order valence-corrected chi connectivity index (χ0v) is 14.0. The van der Waals surface area contributed by atoms with Crippen molar-refractivity contribution in [3.05, 3.63) is 41.6 Å². The normalized spacial score (nSPS) is 12.1. The van der Waals surface area contributed by atoms with Crippen molar-refractivity contribution in [3.63, 3.8) is 0 Å². The molecule has 0 saturated heterocycles. The molecule has 2 N–H and O–H groups in total. The summed E-state index contributed by atoms with van der Waals surface area (Å²) >= 11 is 1.45. The molecule has 0 bridgehead atoms. The predicted octanol–water partition coefficient (Wildman–Crippen LogP) is 3.28. The monoisotopic (exact) mass is 307 g/mol. The molecule has 4 heteroatoms. The highest BCUT2D eigenvalue weighted by molar-refractivity contribution is 8.00. The molecule has 0 aromatic heterocycles. The molecule has 0 fully saturated rings. The first-order valence-corrected chi connectivity index (χ1v) is 8.77. The summed E-state index contributed by atoms with van der Waals surface area (Å²) in [6, 6.07) is 7.97. The van der Waals surface area contributed by atoms with Crippen LogP contribution in [0.15, 0.2) is 24.3 Å². The van der Waals surface area contributed by atoms with E-state index in [2.05, 4.69) is 42.9 Å². The summed E-state index contributed by atoms with van der Waals surface area (Å²) in [6.45, 7) is 5.71. The van der Waals surface area contributed by atoms with Crippen molar-refractivity contribution in [2.24, 2.45) is 0 Å². The van der Waals surface area contributed by atoms with Gasteiger partial charge in [-0.1, -0.05) is 44.0 Å². The lowest BCUT2D eigenvalue weighted by atomic mass is 10.1. The Kier molecular flexibility index (Phi) is 9.19. The van der Waals surface area contributed by atoms with E-state index in [1.165, 1.54) is 30.2 Å². The first-order valence-electron chi connectivity index (χ1n) is 7.61. The number of nitrogens with one attached hydrogen (secondary N) is 2. The van der Waals surface area contributed by atoms with Crippen molar-refractivity contribution < 1.29 is 4.79 Å². The highest BCUT2D eigenvalue weighted by Gasteiger charge is 2.16. The van der Waals surface area contributed by atoms with E-state index in [9.17, 15) is 4.79 Å². The van der Waals surface area contributed by atoms with Crippen molar-refractivity contribution in [1.82, 2.24) is 10.6 Å². The lowest BCUT2D eigenvalue weighted by Crippen LogP contribution is -2.46. The highest BCUT2D eigenvalue weighted by atomic mass is 32.2. The number of amides is 1. The molecule has 0 spiro atoms. The fraction of sp³-hybridized carbons (Fsp3) is 0.529. The topological polar surface area (TPSA) is 41.1 Å². The molecular weight excluding hydrogens is 280 g/mol. The van der Waals surface area contributed by atoms with E-state index in [-0.39, 0.29) is 11.9 Å². The molecule has 1 amide bonds. The van der Waals surface area contributed by atoms with E-state index in [0.29, 0.717) is 12.3 Å². The van der Waals surface area contributed by atoms with Crippen LogP contribution in [0.4, 0.5) is 0 Å². The van der Waals surface area contributed by atoms with Crippen LogP contribution in [0, 0.1) is 13.2 Å². The Balaban J connectivity index is 2.43. The second-order valence-corrected chi connectivity index (χ2v) is 5.97. The SMILES string of the molecule is [CH2]SC[C@@H](NCCCCC)C(=O)NCc1ccccc1C. The quantitative estimate of drug-likeness (QED) is 0.652. The van der Waals surface area contributed by atoms with Crippen LogP contribution < -0.4 is 10.6 Å². The summed E-state index contributed by atoms with van der Waals surface area (Å²) in [5.74, 6) is 0.761. The van der Waals surface area contributed by atoms with Crippen LogP contribution in [0.3, 0.4) is 0 Å². The Hall–Kier alpha value is -1.00. The Morgan fingerprint density at radius 3 is 2.76 bits per heavy atom. The summed E-state index contributed by atoms with van der Waals surface area (Å²) in [5.41, 5.74) is 2.37. The van der Waals surface area contributed by atoms with Gasteiger partial charge in [-0.15, -0.1) is 0 Å². The Labute approximate surface area is 133 Å². The third-order valence-electron chi connectivity index (χ3n) is 3.49. The van der Waals surface area contributed by atoms with E-state index in [0.717, 1.165) is 18.5 Å². The number of unbranched alkanes of at least 4 members (excludes halogenated alkanes) is 2. The summed E-state index contributed by atoms with van der Waals surface area (Å²) in [5, 5.41) is 6.36. The zero-order valence-electron chi connectivity index (χ0n) is 13.2. The Morgan fingerprint density at radius 1 is 1.33 bits per heavy atom. The van der Waals surface area contributed by atoms with Gasteiger partial charge in [0.25, 0.3) is 0 Å². The molecule has 0 aliphatic rings. The third-order valence-corrected chi connectivity index (χ3v) is 4.06. The molecule has 3 nitrogen and oxygen atoms in total. The number of rotatable bonds is 10. The van der Waals surface area contributed by atoms with Gasteiger partial charge in [-0.2, -0.15) is 11.8 Å². The van der Waals surface area contributed by atoms with Gasteiger partial charge in [-0.05, 0) is 31.0 Å². The minimum absolute atomic E-state index is 0.0610. The molecule has 1 aromatic carbocycles. The van der Waals surface area contributed by atoms with Crippen LogP contribution in [-0.4, -0.2) is 24.2 Å². The third kappa shape index (κ3) is 7.00. The molecule has 0 aliphatic carbocycles. The van der Waals surface area contributed by atoms with Crippen LogP contribution >= 0.6 is 11.8 Å². The second kappa shape index (κ2) is 10.7. The zero-order chi connectivity index (χ0) is 15.5. The molecule has 1 aromatic rings. The molecule has 1 atom stereocenters. The van der Waals surface area contributed by atoms with Crippen LogP contribution in [0.2, 0.25) is 0 Å². The fourth-order valence-corrected chi connectivity index (χ4v) is 2.62. The lowest BCUT2D eigenvalue weighted by molar-refractivity contribution is -0.122. The maximum Gasteiger partial charge on any atom is 0.238 e. The molecule has 1 rings (SSSR count). The van der Waals surface area contributed by atoms with E-state index in [1.54, 1.807) is 0 Å². The minimum atomic E-state index is -0.159. The van der Waals surface area contributed by atoms with Crippen molar-refractivity contribution >= 4 is 17.7 Å². The van der Waals surface area contributed by atoms with E-state index >= 15 is 0 Å². The van der Waals surface area contributed by atoms with Gasteiger partial charge in [-0.3, -0.25) is 4.79 Å². The summed E-state index contributed by atoms with van der Waals surface area (Å²) in [6.07, 6.45) is 7.28. The van der Waals surface area contributed by atoms with Crippen LogP contribution in [0.1, 0.15) is 37.3 Å². The van der Waals surface area contributed by atoms with Crippen LogP contribution in [0.5, 0.6) is 0 Å². The number of carbonyl (C=O) groups is 1. The van der Waals surface area contributed by atoms with Gasteiger partial charge >= 0.3 is 0 Å². The van der Waals surface area contributed by atoms with Gasteiger partial charge in [-0.25, -0.2) is 0 Å². The molecule has 1 radical (unpaired) electrons. The number of hydrogen-bond donors (Lipinski definition) is 2. The minimum Gasteiger partial charge on any atom is -0.351 e. The summed E-state index contributed by atoms with van der Waals surface area (Å²) in [7, 11) is 0. The molecule has 0 saturated carbocycles. The van der Waals surface area contributed by atoms with Crippen molar-refractivity contribution in [2.45, 2.75) is 45.7 Å². The van der Waals surface area contributed by atoms with Gasteiger partial charge < -0.3 is 10.6 Å². The number of carbonyl (C=O) groups excluding carboxylic acids is 1. The number of aryl methyl sites for hydroxylation is 1. The van der Waals surface area contributed by atoms with Gasteiger partial charge in [0.2, 0.25) is 5.91 Å². The van der Waals surface area contributed by atoms with E-state index < -0.39 is 0 Å². The molecule has 0 aliphatic heterocycles. The molecule has 0 heterocycles. The van der Waals surface area contributed by atoms with Crippen LogP contribution in [0.25, 0.3) is 0 Å². The lowest BCUT2D eigenvalue weighted by Gasteiger charge is -2.18. The average molecular weight is 307 g/mol. The van der Waals surface area contributed by atoms with Crippen molar-refractivity contribution in [2.75, 3.05) is 12.3 Å². The number of hydrogen-bond acceptors (Lipinski definition) is 3. The van der Waals surface area contributed by atoms with Gasteiger partial charge in [0.05, 0.1) is 6.04 Å². The Bertz CT molecular complexity index is 423. The number of benzene rings is 1. The first kappa shape index (κ1) is 18.1. The number of thioether (sulfide) groups is 1. The second-order valence-electron chi connectivity index (χ2n) is 5.23. The molecular formula is C17H27N2OS. The van der Waals surface area contributed by atoms with Gasteiger partial charge in [0, 0.05) is 18.6 Å². The summed E-state index contributed by atoms with van der Waals surface area (Å²) in [4.78, 5) is 12.3. The average Bonchev–Trinajstić information content (AvgIpc) is 2.49. The highest BCUT2D eigenvalue weighted by Crippen LogP contribution is 2.07. The van der Waals surface area contributed by atoms with E-state index in [1.807, 2.05) is 12.1 Å². The maximum atomic E-state index is 12.3. The Morgan fingerprint density at radius 2 is 2.10 bits per heavy atom. The predicted molar refractivity (Wildman–Crippen MR) is 92.2 cm³/mol. The van der Waals surface area contributed by atoms with Crippen molar-refractivity contribution in [3.8, 4) is 0 Å². The van der Waals surface area contributed by atoms with Crippen LogP contribution in [-0.2, 0) is 11.3 Å². The molecule has 0 unspecified atom stereocenters. The molecule has 117 valence electrons. The standard InChI is InChI=1S/C17H27N2OS/c1-4-5-8-11-18-16(13-21-3)17(20)19-12-15-10-7-6-9-14(15)2/h6-7,9-10,16,18H,3-5,8,11-13H2,1-2H3,(H,19,20)/t16-/m1/s1. The maximum absolute atomic E-state index is 12.3.